The molecular formula is C15H22N2O2S2. The zero-order valence-corrected chi connectivity index (χ0v) is 13.9. The molecule has 3 rings (SSSR count). The Labute approximate surface area is 131 Å². The van der Waals surface area contributed by atoms with E-state index in [2.05, 4.69) is 16.3 Å². The number of thioether (sulfide) groups is 1. The van der Waals surface area contributed by atoms with Gasteiger partial charge in [0.2, 0.25) is 10.0 Å². The third kappa shape index (κ3) is 3.07. The number of anilines is 1. The lowest BCUT2D eigenvalue weighted by Gasteiger charge is -2.40. The van der Waals surface area contributed by atoms with Crippen LogP contribution in [0.15, 0.2) is 23.1 Å². The third-order valence-electron chi connectivity index (χ3n) is 4.61. The molecule has 0 saturated heterocycles. The summed E-state index contributed by atoms with van der Waals surface area (Å²) >= 11 is 1.78. The van der Waals surface area contributed by atoms with E-state index < -0.39 is 10.0 Å². The molecule has 4 nitrogen and oxygen atoms in total. The van der Waals surface area contributed by atoms with Gasteiger partial charge in [0, 0.05) is 23.5 Å². The standard InChI is InChI=1S/C15H22N2O2S2/c1-20-15(7-3-8-15)11-17-21(18,19)13-5-6-14-12(10-13)4-2-9-16-14/h5-6,10,16-17H,2-4,7-9,11H2,1H3. The lowest BCUT2D eigenvalue weighted by molar-refractivity contribution is 0.362. The summed E-state index contributed by atoms with van der Waals surface area (Å²) in [6.07, 6.45) is 7.47. The summed E-state index contributed by atoms with van der Waals surface area (Å²) < 4.78 is 27.9. The van der Waals surface area contributed by atoms with Crippen molar-refractivity contribution in [1.82, 2.24) is 4.72 Å². The minimum Gasteiger partial charge on any atom is -0.385 e. The summed E-state index contributed by atoms with van der Waals surface area (Å²) in [6, 6.07) is 5.40. The molecule has 116 valence electrons. The molecule has 1 aliphatic heterocycles. The van der Waals surface area contributed by atoms with Crippen molar-refractivity contribution >= 4 is 27.5 Å². The summed E-state index contributed by atoms with van der Waals surface area (Å²) in [5.74, 6) is 0. The van der Waals surface area contributed by atoms with Crippen molar-refractivity contribution in [3.8, 4) is 0 Å². The van der Waals surface area contributed by atoms with Gasteiger partial charge in [-0.25, -0.2) is 13.1 Å². The number of aryl methyl sites for hydroxylation is 1. The topological polar surface area (TPSA) is 58.2 Å². The van der Waals surface area contributed by atoms with Crippen LogP contribution in [-0.4, -0.2) is 32.5 Å². The van der Waals surface area contributed by atoms with Gasteiger partial charge >= 0.3 is 0 Å². The van der Waals surface area contributed by atoms with Crippen LogP contribution >= 0.6 is 11.8 Å². The maximum Gasteiger partial charge on any atom is 0.240 e. The summed E-state index contributed by atoms with van der Waals surface area (Å²) in [5.41, 5.74) is 2.17. The Balaban J connectivity index is 1.75. The molecular weight excluding hydrogens is 304 g/mol. The molecule has 1 fully saturated rings. The summed E-state index contributed by atoms with van der Waals surface area (Å²) in [5, 5.41) is 3.31. The predicted molar refractivity (Wildman–Crippen MR) is 88.5 cm³/mol. The fourth-order valence-electron chi connectivity index (χ4n) is 2.95. The summed E-state index contributed by atoms with van der Waals surface area (Å²) in [4.78, 5) is 0.389. The molecule has 0 spiro atoms. The first kappa shape index (κ1) is 15.2. The van der Waals surface area contributed by atoms with Gasteiger partial charge in [-0.1, -0.05) is 6.42 Å². The van der Waals surface area contributed by atoms with Crippen LogP contribution in [0.4, 0.5) is 5.69 Å². The van der Waals surface area contributed by atoms with E-state index in [4.69, 9.17) is 0 Å². The summed E-state index contributed by atoms with van der Waals surface area (Å²) in [6.45, 7) is 1.50. The van der Waals surface area contributed by atoms with Gasteiger partial charge in [-0.2, -0.15) is 11.8 Å². The first-order valence-corrected chi connectivity index (χ1v) is 10.2. The van der Waals surface area contributed by atoms with Crippen LogP contribution in [-0.2, 0) is 16.4 Å². The second-order valence-corrected chi connectivity index (χ2v) is 8.96. The highest BCUT2D eigenvalue weighted by atomic mass is 32.2. The molecule has 2 aliphatic rings. The second kappa shape index (κ2) is 5.82. The van der Waals surface area contributed by atoms with Gasteiger partial charge in [-0.15, -0.1) is 0 Å². The van der Waals surface area contributed by atoms with E-state index in [9.17, 15) is 8.42 Å². The molecule has 0 amide bonds. The number of nitrogens with one attached hydrogen (secondary N) is 2. The number of rotatable bonds is 5. The molecule has 6 heteroatoms. The maximum absolute atomic E-state index is 12.5. The molecule has 1 aromatic carbocycles. The highest BCUT2D eigenvalue weighted by molar-refractivity contribution is 8.00. The average Bonchev–Trinajstić information content (AvgIpc) is 2.46. The quantitative estimate of drug-likeness (QED) is 0.873. The number of fused-ring (bicyclic) bond motifs is 1. The second-order valence-electron chi connectivity index (χ2n) is 5.91. The lowest BCUT2D eigenvalue weighted by atomic mass is 9.84. The van der Waals surface area contributed by atoms with Gasteiger partial charge in [0.25, 0.3) is 0 Å². The first-order valence-electron chi connectivity index (χ1n) is 7.46. The zero-order valence-electron chi connectivity index (χ0n) is 12.3. The van der Waals surface area contributed by atoms with Crippen molar-refractivity contribution in [2.24, 2.45) is 0 Å². The Bertz CT molecular complexity index is 619. The number of hydrogen-bond donors (Lipinski definition) is 2. The van der Waals surface area contributed by atoms with E-state index in [-0.39, 0.29) is 4.75 Å². The Kier molecular flexibility index (Phi) is 4.21. The molecule has 1 saturated carbocycles. The van der Waals surface area contributed by atoms with E-state index in [1.54, 1.807) is 17.8 Å². The monoisotopic (exact) mass is 326 g/mol. The lowest BCUT2D eigenvalue weighted by Crippen LogP contribution is -2.45. The van der Waals surface area contributed by atoms with Crippen LogP contribution in [0.25, 0.3) is 0 Å². The minimum atomic E-state index is -3.40. The Morgan fingerprint density at radius 1 is 1.33 bits per heavy atom. The van der Waals surface area contributed by atoms with Crippen molar-refractivity contribution in [1.29, 1.82) is 0 Å². The van der Waals surface area contributed by atoms with Gasteiger partial charge in [-0.05, 0) is 55.7 Å². The van der Waals surface area contributed by atoms with E-state index in [1.807, 2.05) is 12.1 Å². The van der Waals surface area contributed by atoms with Crippen LogP contribution in [0.1, 0.15) is 31.2 Å². The van der Waals surface area contributed by atoms with E-state index in [0.717, 1.165) is 43.5 Å². The molecule has 21 heavy (non-hydrogen) atoms. The zero-order chi connectivity index (χ0) is 14.9. The van der Waals surface area contributed by atoms with Crippen molar-refractivity contribution in [2.75, 3.05) is 24.7 Å². The van der Waals surface area contributed by atoms with Crippen LogP contribution in [0.2, 0.25) is 0 Å². The predicted octanol–water partition coefficient (Wildman–Crippen LogP) is 2.61. The number of benzene rings is 1. The average molecular weight is 326 g/mol. The van der Waals surface area contributed by atoms with Gasteiger partial charge in [0.15, 0.2) is 0 Å². The van der Waals surface area contributed by atoms with Crippen molar-refractivity contribution < 1.29 is 8.42 Å². The first-order chi connectivity index (χ1) is 10.0. The van der Waals surface area contributed by atoms with Gasteiger partial charge in [0.1, 0.15) is 0 Å². The minimum absolute atomic E-state index is 0.114. The van der Waals surface area contributed by atoms with Crippen molar-refractivity contribution in [3.63, 3.8) is 0 Å². The molecule has 0 bridgehead atoms. The Morgan fingerprint density at radius 3 is 2.81 bits per heavy atom. The highest BCUT2D eigenvalue weighted by Gasteiger charge is 2.37. The molecule has 0 radical (unpaired) electrons. The molecule has 0 aromatic heterocycles. The van der Waals surface area contributed by atoms with Gasteiger partial charge < -0.3 is 5.32 Å². The smallest absolute Gasteiger partial charge is 0.240 e. The summed E-state index contributed by atoms with van der Waals surface area (Å²) in [7, 11) is -3.40. The van der Waals surface area contributed by atoms with E-state index in [0.29, 0.717) is 11.4 Å². The number of sulfonamides is 1. The van der Waals surface area contributed by atoms with Gasteiger partial charge in [-0.3, -0.25) is 0 Å². The highest BCUT2D eigenvalue weighted by Crippen LogP contribution is 2.42. The van der Waals surface area contributed by atoms with Gasteiger partial charge in [0.05, 0.1) is 4.90 Å². The molecule has 0 unspecified atom stereocenters. The molecule has 1 aromatic rings. The number of hydrogen-bond acceptors (Lipinski definition) is 4. The van der Waals surface area contributed by atoms with Crippen molar-refractivity contribution in [2.45, 2.75) is 41.7 Å². The van der Waals surface area contributed by atoms with Crippen molar-refractivity contribution in [3.05, 3.63) is 23.8 Å². The fourth-order valence-corrected chi connectivity index (χ4v) is 5.13. The van der Waals surface area contributed by atoms with Crippen LogP contribution in [0.5, 0.6) is 0 Å². The largest absolute Gasteiger partial charge is 0.385 e. The van der Waals surface area contributed by atoms with E-state index >= 15 is 0 Å². The maximum atomic E-state index is 12.5. The van der Waals surface area contributed by atoms with Crippen LogP contribution in [0.3, 0.4) is 0 Å². The molecule has 0 atom stereocenters. The van der Waals surface area contributed by atoms with Crippen LogP contribution < -0.4 is 10.0 Å². The normalized spacial score (nSPS) is 20.2. The fraction of sp³-hybridized carbons (Fsp3) is 0.600. The molecule has 1 heterocycles. The molecule has 2 N–H and O–H groups in total. The SMILES string of the molecule is CSC1(CNS(=O)(=O)c2ccc3c(c2)CCCN3)CCC1. The third-order valence-corrected chi connectivity index (χ3v) is 7.43. The molecule has 1 aliphatic carbocycles. The Hall–Kier alpha value is -0.720. The Morgan fingerprint density at radius 2 is 2.14 bits per heavy atom. The van der Waals surface area contributed by atoms with E-state index in [1.165, 1.54) is 6.42 Å². The van der Waals surface area contributed by atoms with Crippen LogP contribution in [0, 0.1) is 0 Å².